The van der Waals surface area contributed by atoms with Crippen molar-refractivity contribution >= 4 is 17.7 Å². The van der Waals surface area contributed by atoms with Gasteiger partial charge in [0.05, 0.1) is 17.6 Å². The van der Waals surface area contributed by atoms with Crippen molar-refractivity contribution in [3.05, 3.63) is 53.3 Å². The number of hydrogen-bond acceptors (Lipinski definition) is 10. The third-order valence-electron chi connectivity index (χ3n) is 17.9. The number of rotatable bonds is 18. The molecule has 0 heterocycles. The summed E-state index contributed by atoms with van der Waals surface area (Å²) in [5.41, 5.74) is 0.354. The fourth-order valence-electron chi connectivity index (χ4n) is 14.4. The highest BCUT2D eigenvalue weighted by Gasteiger charge is 2.68. The maximum Gasteiger partial charge on any atom is 0.309 e. The maximum absolute atomic E-state index is 14.7. The van der Waals surface area contributed by atoms with Gasteiger partial charge in [-0.05, 0) is 149 Å². The molecule has 4 fully saturated rings. The largest absolute Gasteiger partial charge is 0.508 e. The van der Waals surface area contributed by atoms with Crippen LogP contribution in [0.1, 0.15) is 145 Å². The summed E-state index contributed by atoms with van der Waals surface area (Å²) in [4.78, 5) is 45.4. The number of ether oxygens (including phenoxy) is 2. The first-order valence-electron chi connectivity index (χ1n) is 24.6. The first-order chi connectivity index (χ1) is 30.1. The lowest BCUT2D eigenvalue weighted by Crippen LogP contribution is -2.63. The van der Waals surface area contributed by atoms with E-state index >= 15 is 0 Å². The Labute approximate surface area is 390 Å². The molecule has 6 rings (SSSR count). The lowest BCUT2D eigenvalue weighted by Gasteiger charge is -2.69. The number of aliphatic carboxylic acids is 1. The molecule has 4 saturated carbocycles. The van der Waals surface area contributed by atoms with Crippen LogP contribution >= 0.6 is 0 Å². The van der Waals surface area contributed by atoms with E-state index in [0.29, 0.717) is 49.6 Å². The Morgan fingerprint density at radius 2 is 1.52 bits per heavy atom. The summed E-state index contributed by atoms with van der Waals surface area (Å²) in [6.07, 6.45) is 5.73. The first-order valence-corrected chi connectivity index (χ1v) is 24.6. The summed E-state index contributed by atoms with van der Waals surface area (Å²) in [6, 6.07) is 7.23. The third-order valence-corrected chi connectivity index (χ3v) is 17.9. The van der Waals surface area contributed by atoms with Crippen molar-refractivity contribution in [1.82, 2.24) is 9.80 Å². The number of fused-ring (bicyclic) bond motifs is 7. The average Bonchev–Trinajstić information content (AvgIpc) is 3.51. The van der Waals surface area contributed by atoms with Gasteiger partial charge in [-0.1, -0.05) is 74.1 Å². The zero-order chi connectivity index (χ0) is 48.2. The quantitative estimate of drug-likeness (QED) is 0.0633. The number of aliphatic hydroxyl groups excluding tert-OH is 1. The molecule has 5 aliphatic rings. The number of aromatic hydroxyl groups is 1. The van der Waals surface area contributed by atoms with Crippen LogP contribution in [0.2, 0.25) is 0 Å². The number of nitrogens with zero attached hydrogens (tertiary/aromatic N) is 2. The molecule has 0 spiro atoms. The van der Waals surface area contributed by atoms with Gasteiger partial charge in [0.2, 0.25) is 0 Å². The number of aliphatic hydroxyl groups is 2. The van der Waals surface area contributed by atoms with Crippen LogP contribution in [-0.2, 0) is 30.4 Å². The second-order valence-electron chi connectivity index (χ2n) is 24.3. The molecule has 11 nitrogen and oxygen atoms in total. The Morgan fingerprint density at radius 3 is 2.12 bits per heavy atom. The monoisotopic (exact) mass is 905 g/mol. The van der Waals surface area contributed by atoms with Crippen molar-refractivity contribution in [2.75, 3.05) is 33.7 Å². The van der Waals surface area contributed by atoms with Gasteiger partial charge in [0, 0.05) is 55.3 Å². The molecule has 0 bridgehead atoms. The third kappa shape index (κ3) is 9.87. The number of carboxylic acids is 1. The number of allylic oxidation sites excluding steroid dienone is 2. The van der Waals surface area contributed by atoms with Gasteiger partial charge in [-0.25, -0.2) is 0 Å². The Balaban J connectivity index is 1.35. The van der Waals surface area contributed by atoms with Crippen LogP contribution < -0.4 is 0 Å². The van der Waals surface area contributed by atoms with Gasteiger partial charge in [0.1, 0.15) is 18.0 Å². The molecule has 364 valence electrons. The number of esters is 1. The zero-order valence-electron chi connectivity index (χ0n) is 42.0. The molecular weight excluding hydrogens is 821 g/mol. The van der Waals surface area contributed by atoms with Gasteiger partial charge >= 0.3 is 11.9 Å². The molecule has 9 atom stereocenters. The molecule has 8 unspecified atom stereocenters. The standard InChI is InChI=1S/C54H84N2O9/c1-33(2)45-39(58)29-54(43(65-44(59)30-50(6,7)48(62)63)32-56(27-26-55(12)13)31-35-14-16-36(57)17-15-35)25-20-38-37(46(45)54)18-19-41-52(38,10)23-21-40-51(8,9)42(22-24-53(40,41)11)64-34(3)28-49(4,5)47(60)61/h14-17,33,37-38,40-43,48,57,62-63H,3,18-32H2,1-2,4-13H3,(H,60,61)/t37?,38?,40?,41?,42?,43-,52?,53?,54?/m1/s1. The number of carbonyl (C=O) groups is 3. The molecule has 5 aliphatic carbocycles. The van der Waals surface area contributed by atoms with Crippen LogP contribution in [0, 0.1) is 62.1 Å². The van der Waals surface area contributed by atoms with Crippen molar-refractivity contribution < 1.29 is 44.3 Å². The molecule has 1 aromatic rings. The lowest BCUT2D eigenvalue weighted by molar-refractivity contribution is -0.209. The molecule has 11 heteroatoms. The number of likely N-dealkylation sites (N-methyl/N-ethyl adjacent to an activating group) is 1. The molecule has 65 heavy (non-hydrogen) atoms. The number of hydrogen-bond donors (Lipinski definition) is 4. The van der Waals surface area contributed by atoms with Crippen molar-refractivity contribution in [2.24, 2.45) is 62.1 Å². The highest BCUT2D eigenvalue weighted by Crippen LogP contribution is 2.73. The molecule has 0 radical (unpaired) electrons. The van der Waals surface area contributed by atoms with Gasteiger partial charge in [0.15, 0.2) is 12.1 Å². The van der Waals surface area contributed by atoms with Gasteiger partial charge in [-0.2, -0.15) is 0 Å². The van der Waals surface area contributed by atoms with Gasteiger partial charge in [0.25, 0.3) is 0 Å². The second kappa shape index (κ2) is 18.7. The van der Waals surface area contributed by atoms with E-state index in [1.807, 2.05) is 26.2 Å². The maximum atomic E-state index is 14.7. The van der Waals surface area contributed by atoms with Gasteiger partial charge in [-0.15, -0.1) is 0 Å². The summed E-state index contributed by atoms with van der Waals surface area (Å²) in [7, 11) is 4.08. The number of phenols is 1. The van der Waals surface area contributed by atoms with Crippen LogP contribution in [0.5, 0.6) is 5.75 Å². The molecule has 4 N–H and O–H groups in total. The zero-order valence-corrected chi connectivity index (χ0v) is 42.0. The molecule has 0 aliphatic heterocycles. The number of phenolic OH excluding ortho intramolecular Hbond substituents is 1. The van der Waals surface area contributed by atoms with Crippen LogP contribution in [0.3, 0.4) is 0 Å². The van der Waals surface area contributed by atoms with E-state index in [4.69, 9.17) is 9.47 Å². The fraction of sp³-hybridized carbons (Fsp3) is 0.759. The van der Waals surface area contributed by atoms with Crippen LogP contribution in [-0.4, -0.2) is 100 Å². The average molecular weight is 905 g/mol. The topological polar surface area (TPSA) is 157 Å². The summed E-state index contributed by atoms with van der Waals surface area (Å²) in [6.45, 7) is 27.5. The Kier molecular flexibility index (Phi) is 14.7. The van der Waals surface area contributed by atoms with Crippen molar-refractivity contribution in [3.8, 4) is 5.75 Å². The smallest absolute Gasteiger partial charge is 0.309 e. The van der Waals surface area contributed by atoms with E-state index in [1.165, 1.54) is 5.57 Å². The second-order valence-corrected chi connectivity index (χ2v) is 24.3. The minimum atomic E-state index is -1.71. The number of carbonyl (C=O) groups excluding carboxylic acids is 2. The predicted octanol–water partition coefficient (Wildman–Crippen LogP) is 9.39. The SMILES string of the molecule is C=C(CC(C)(C)C(=O)O)OC1CCC2(C)C(CCC3(C)C4CCC5([C@@H](CN(CCN(C)C)Cc6ccc(O)cc6)OC(=O)CC(C)(C)C(O)O)CC(=O)C(C(C)C)=C5C4CCC32)C1(C)C. The summed E-state index contributed by atoms with van der Waals surface area (Å²) >= 11 is 0. The number of ketones is 1. The van der Waals surface area contributed by atoms with Crippen molar-refractivity contribution in [2.45, 2.75) is 165 Å². The van der Waals surface area contributed by atoms with Crippen molar-refractivity contribution in [1.29, 1.82) is 0 Å². The Bertz CT molecular complexity index is 1970. The first kappa shape index (κ1) is 51.1. The summed E-state index contributed by atoms with van der Waals surface area (Å²) in [5.74, 6) is 0.984. The Morgan fingerprint density at radius 1 is 0.877 bits per heavy atom. The minimum Gasteiger partial charge on any atom is -0.508 e. The molecule has 0 saturated heterocycles. The van der Waals surface area contributed by atoms with Gasteiger partial charge in [-0.3, -0.25) is 19.3 Å². The van der Waals surface area contributed by atoms with Crippen LogP contribution in [0.15, 0.2) is 47.7 Å². The van der Waals surface area contributed by atoms with Crippen LogP contribution in [0.4, 0.5) is 0 Å². The molecule has 1 aromatic carbocycles. The highest BCUT2D eigenvalue weighted by atomic mass is 16.5. The summed E-state index contributed by atoms with van der Waals surface area (Å²) < 4.78 is 13.4. The minimum absolute atomic E-state index is 0.00507. The summed E-state index contributed by atoms with van der Waals surface area (Å²) in [5, 5.41) is 40.4. The lowest BCUT2D eigenvalue weighted by atomic mass is 9.36. The molecular formula is C54H84N2O9. The fourth-order valence-corrected chi connectivity index (χ4v) is 14.4. The highest BCUT2D eigenvalue weighted by molar-refractivity contribution is 6.00. The molecule has 0 amide bonds. The van der Waals surface area contributed by atoms with Crippen LogP contribution in [0.25, 0.3) is 0 Å². The number of Topliss-reactive ketones (excluding diaryl/α,β-unsaturated/α-hetero) is 1. The predicted molar refractivity (Wildman–Crippen MR) is 253 cm³/mol. The normalized spacial score (nSPS) is 31.7. The van der Waals surface area contributed by atoms with E-state index in [1.54, 1.807) is 39.8 Å². The van der Waals surface area contributed by atoms with E-state index in [-0.39, 0.29) is 58.6 Å². The van der Waals surface area contributed by atoms with E-state index in [2.05, 4.69) is 57.9 Å². The molecule has 0 aromatic heterocycles. The van der Waals surface area contributed by atoms with Gasteiger partial charge < -0.3 is 34.8 Å². The number of benzene rings is 1. The Hall–Kier alpha value is -3.25. The van der Waals surface area contributed by atoms with E-state index in [9.17, 15) is 34.8 Å². The van der Waals surface area contributed by atoms with E-state index in [0.717, 1.165) is 69.0 Å². The van der Waals surface area contributed by atoms with Crippen molar-refractivity contribution in [3.63, 3.8) is 0 Å². The number of carboxylic acid groups (broad SMARTS) is 1. The van der Waals surface area contributed by atoms with E-state index < -0.39 is 40.6 Å².